The molecule has 0 saturated heterocycles. The molecular weight excluding hydrogens is 258 g/mol. The van der Waals surface area contributed by atoms with Crippen molar-refractivity contribution in [3.8, 4) is 5.75 Å². The summed E-state index contributed by atoms with van der Waals surface area (Å²) in [6.07, 6.45) is 0.250. The Morgan fingerprint density at radius 2 is 2.25 bits per heavy atom. The Hall–Kier alpha value is -2.24. The lowest BCUT2D eigenvalue weighted by atomic mass is 10.2. The van der Waals surface area contributed by atoms with Crippen molar-refractivity contribution in [2.75, 3.05) is 19.7 Å². The van der Waals surface area contributed by atoms with Crippen molar-refractivity contribution < 1.29 is 14.7 Å². The van der Waals surface area contributed by atoms with E-state index < -0.39 is 0 Å². The number of ether oxygens (including phenoxy) is 1. The van der Waals surface area contributed by atoms with E-state index in [0.717, 1.165) is 11.3 Å². The number of carbonyl (C=O) groups is 1. The summed E-state index contributed by atoms with van der Waals surface area (Å²) in [6, 6.07) is 7.65. The zero-order chi connectivity index (χ0) is 15.0. The maximum atomic E-state index is 11.9. The van der Waals surface area contributed by atoms with Gasteiger partial charge in [-0.1, -0.05) is 17.3 Å². The van der Waals surface area contributed by atoms with Crippen LogP contribution in [0.5, 0.6) is 5.75 Å². The predicted octanol–water partition coefficient (Wildman–Crippen LogP) is 1.36. The third-order valence-electron chi connectivity index (χ3n) is 2.79. The molecule has 0 aliphatic heterocycles. The number of hydrogen-bond donors (Lipinski definition) is 2. The monoisotopic (exact) mass is 279 g/mol. The van der Waals surface area contributed by atoms with Gasteiger partial charge in [0.2, 0.25) is 5.91 Å². The second-order valence-corrected chi connectivity index (χ2v) is 4.41. The topological polar surface area (TPSA) is 88.1 Å². The highest BCUT2D eigenvalue weighted by molar-refractivity contribution is 5.86. The first-order valence-corrected chi connectivity index (χ1v) is 6.50. The molecule has 0 aliphatic carbocycles. The lowest BCUT2D eigenvalue weighted by Gasteiger charge is -2.20. The summed E-state index contributed by atoms with van der Waals surface area (Å²) in [7, 11) is 0. The highest BCUT2D eigenvalue weighted by Crippen LogP contribution is 2.12. The molecule has 0 saturated carbocycles. The van der Waals surface area contributed by atoms with Gasteiger partial charge in [0.1, 0.15) is 5.75 Å². The Morgan fingerprint density at radius 1 is 1.50 bits per heavy atom. The van der Waals surface area contributed by atoms with E-state index in [9.17, 15) is 4.79 Å². The number of amidine groups is 1. The van der Waals surface area contributed by atoms with E-state index in [2.05, 4.69) is 5.16 Å². The molecule has 0 aromatic heterocycles. The van der Waals surface area contributed by atoms with Crippen molar-refractivity contribution in [2.45, 2.75) is 20.3 Å². The maximum Gasteiger partial charge on any atom is 0.226 e. The third-order valence-corrected chi connectivity index (χ3v) is 2.79. The molecule has 0 atom stereocenters. The molecule has 6 nitrogen and oxygen atoms in total. The summed E-state index contributed by atoms with van der Waals surface area (Å²) < 4.78 is 5.53. The van der Waals surface area contributed by atoms with Gasteiger partial charge in [-0.2, -0.15) is 0 Å². The average Bonchev–Trinajstić information content (AvgIpc) is 2.44. The van der Waals surface area contributed by atoms with Crippen LogP contribution in [0.2, 0.25) is 0 Å². The first-order chi connectivity index (χ1) is 9.56. The molecule has 20 heavy (non-hydrogen) atoms. The number of likely N-dealkylation sites (N-methyl/N-ethyl adjacent to an activating group) is 1. The molecule has 0 radical (unpaired) electrons. The molecule has 1 aromatic carbocycles. The maximum absolute atomic E-state index is 11.9. The number of hydrogen-bond acceptors (Lipinski definition) is 4. The van der Waals surface area contributed by atoms with Crippen LogP contribution in [0, 0.1) is 6.92 Å². The van der Waals surface area contributed by atoms with E-state index in [-0.39, 0.29) is 24.7 Å². The fourth-order valence-electron chi connectivity index (χ4n) is 1.72. The molecule has 1 rings (SSSR count). The number of benzene rings is 1. The standard InChI is InChI=1S/C14H21N3O3/c1-3-17(10-13(15)16-19)14(18)7-8-20-12-6-4-5-11(2)9-12/h4-6,9,19H,3,7-8,10H2,1-2H3,(H2,15,16). The minimum Gasteiger partial charge on any atom is -0.493 e. The first-order valence-electron chi connectivity index (χ1n) is 6.50. The van der Waals surface area contributed by atoms with Crippen LogP contribution in [0.4, 0.5) is 0 Å². The summed E-state index contributed by atoms with van der Waals surface area (Å²) in [6.45, 7) is 4.74. The predicted molar refractivity (Wildman–Crippen MR) is 77.0 cm³/mol. The van der Waals surface area contributed by atoms with Crippen LogP contribution in [0.15, 0.2) is 29.4 Å². The SMILES string of the molecule is CCN(CC(N)=NO)C(=O)CCOc1cccc(C)c1. The highest BCUT2D eigenvalue weighted by Gasteiger charge is 2.13. The zero-order valence-corrected chi connectivity index (χ0v) is 11.9. The van der Waals surface area contributed by atoms with E-state index in [1.54, 1.807) is 0 Å². The number of carbonyl (C=O) groups excluding carboxylic acids is 1. The van der Waals surface area contributed by atoms with E-state index in [1.807, 2.05) is 38.1 Å². The van der Waals surface area contributed by atoms with Crippen molar-refractivity contribution >= 4 is 11.7 Å². The van der Waals surface area contributed by atoms with E-state index in [4.69, 9.17) is 15.7 Å². The Bertz CT molecular complexity index is 474. The summed E-state index contributed by atoms with van der Waals surface area (Å²) in [5.74, 6) is 0.670. The number of amides is 1. The van der Waals surface area contributed by atoms with Gasteiger partial charge in [-0.05, 0) is 31.5 Å². The summed E-state index contributed by atoms with van der Waals surface area (Å²) in [4.78, 5) is 13.4. The minimum absolute atomic E-state index is 0.0137. The molecule has 0 unspecified atom stereocenters. The van der Waals surface area contributed by atoms with Crippen LogP contribution < -0.4 is 10.5 Å². The van der Waals surface area contributed by atoms with Gasteiger partial charge >= 0.3 is 0 Å². The molecule has 0 spiro atoms. The number of oxime groups is 1. The summed E-state index contributed by atoms with van der Waals surface area (Å²) in [5, 5.41) is 11.4. The molecule has 0 fully saturated rings. The lowest BCUT2D eigenvalue weighted by molar-refractivity contribution is -0.130. The Kier molecular flexibility index (Phi) is 6.36. The van der Waals surface area contributed by atoms with Gasteiger partial charge in [0, 0.05) is 6.54 Å². The van der Waals surface area contributed by atoms with Gasteiger partial charge in [0.15, 0.2) is 5.84 Å². The fraction of sp³-hybridized carbons (Fsp3) is 0.429. The second kappa shape index (κ2) is 8.04. The molecule has 0 bridgehead atoms. The third kappa shape index (κ3) is 5.17. The number of nitrogens with two attached hydrogens (primary N) is 1. The number of nitrogens with zero attached hydrogens (tertiary/aromatic N) is 2. The van der Waals surface area contributed by atoms with Crippen LogP contribution in [-0.4, -0.2) is 41.5 Å². The smallest absolute Gasteiger partial charge is 0.226 e. The Labute approximate surface area is 118 Å². The largest absolute Gasteiger partial charge is 0.493 e. The van der Waals surface area contributed by atoms with Crippen LogP contribution in [-0.2, 0) is 4.79 Å². The Balaban J connectivity index is 2.42. The molecular formula is C14H21N3O3. The quantitative estimate of drug-likeness (QED) is 0.341. The fourth-order valence-corrected chi connectivity index (χ4v) is 1.72. The van der Waals surface area contributed by atoms with Gasteiger partial charge in [0.25, 0.3) is 0 Å². The van der Waals surface area contributed by atoms with Crippen LogP contribution in [0.25, 0.3) is 0 Å². The zero-order valence-electron chi connectivity index (χ0n) is 11.9. The molecule has 3 N–H and O–H groups in total. The lowest BCUT2D eigenvalue weighted by Crippen LogP contribution is -2.38. The van der Waals surface area contributed by atoms with Crippen molar-refractivity contribution in [3.05, 3.63) is 29.8 Å². The minimum atomic E-state index is -0.0910. The van der Waals surface area contributed by atoms with Crippen molar-refractivity contribution in [3.63, 3.8) is 0 Å². The van der Waals surface area contributed by atoms with Gasteiger partial charge in [0.05, 0.1) is 19.6 Å². The molecule has 0 heterocycles. The number of aryl methyl sites for hydroxylation is 1. The van der Waals surface area contributed by atoms with Crippen LogP contribution in [0.1, 0.15) is 18.9 Å². The van der Waals surface area contributed by atoms with Crippen molar-refractivity contribution in [1.82, 2.24) is 4.90 Å². The molecule has 1 aromatic rings. The van der Waals surface area contributed by atoms with Crippen molar-refractivity contribution in [2.24, 2.45) is 10.9 Å². The first kappa shape index (κ1) is 15.8. The Morgan fingerprint density at radius 3 is 2.85 bits per heavy atom. The summed E-state index contributed by atoms with van der Waals surface area (Å²) >= 11 is 0. The summed E-state index contributed by atoms with van der Waals surface area (Å²) in [5.41, 5.74) is 6.51. The van der Waals surface area contributed by atoms with Gasteiger partial charge in [-0.3, -0.25) is 4.79 Å². The van der Waals surface area contributed by atoms with Gasteiger partial charge < -0.3 is 20.6 Å². The van der Waals surface area contributed by atoms with Gasteiger partial charge in [-0.15, -0.1) is 0 Å². The van der Waals surface area contributed by atoms with E-state index in [1.165, 1.54) is 4.90 Å². The molecule has 110 valence electrons. The van der Waals surface area contributed by atoms with Gasteiger partial charge in [-0.25, -0.2) is 0 Å². The molecule has 1 amide bonds. The molecule has 6 heteroatoms. The second-order valence-electron chi connectivity index (χ2n) is 4.41. The van der Waals surface area contributed by atoms with Crippen LogP contribution in [0.3, 0.4) is 0 Å². The van der Waals surface area contributed by atoms with E-state index in [0.29, 0.717) is 13.2 Å². The van der Waals surface area contributed by atoms with Crippen LogP contribution >= 0.6 is 0 Å². The van der Waals surface area contributed by atoms with E-state index >= 15 is 0 Å². The number of rotatable bonds is 7. The van der Waals surface area contributed by atoms with Crippen molar-refractivity contribution in [1.29, 1.82) is 0 Å². The highest BCUT2D eigenvalue weighted by atomic mass is 16.5. The average molecular weight is 279 g/mol. The normalized spacial score (nSPS) is 11.2. The molecule has 0 aliphatic rings.